The maximum absolute atomic E-state index is 13.2. The van der Waals surface area contributed by atoms with Crippen LogP contribution in [0.2, 0.25) is 10.0 Å². The van der Waals surface area contributed by atoms with Gasteiger partial charge >= 0.3 is 0 Å². The molecule has 2 aromatic rings. The molecule has 2 nitrogen and oxygen atoms in total. The largest absolute Gasteiger partial charge is 0.454 e. The molecule has 0 saturated heterocycles. The number of hydrogen-bond donors (Lipinski definition) is 1. The first-order valence-corrected chi connectivity index (χ1v) is 6.39. The summed E-state index contributed by atoms with van der Waals surface area (Å²) in [6.45, 7) is 0. The molecule has 0 amide bonds. The third-order valence-electron chi connectivity index (χ3n) is 2.17. The number of nitrogen functional groups attached to an aromatic ring is 1. The average molecular weight is 351 g/mol. The van der Waals surface area contributed by atoms with Crippen molar-refractivity contribution in [2.45, 2.75) is 0 Å². The molecule has 0 fully saturated rings. The van der Waals surface area contributed by atoms with Gasteiger partial charge in [0.15, 0.2) is 5.75 Å². The molecule has 0 aliphatic carbocycles. The van der Waals surface area contributed by atoms with Gasteiger partial charge in [0, 0.05) is 17.2 Å². The number of rotatable bonds is 2. The first-order valence-electron chi connectivity index (χ1n) is 4.85. The van der Waals surface area contributed by atoms with Crippen molar-refractivity contribution in [2.75, 3.05) is 5.73 Å². The monoisotopic (exact) mass is 349 g/mol. The van der Waals surface area contributed by atoms with Gasteiger partial charge in [-0.3, -0.25) is 0 Å². The third kappa shape index (κ3) is 2.88. The predicted molar refractivity (Wildman–Crippen MR) is 75.0 cm³/mol. The summed E-state index contributed by atoms with van der Waals surface area (Å²) >= 11 is 14.8. The van der Waals surface area contributed by atoms with Gasteiger partial charge in [0.2, 0.25) is 0 Å². The molecule has 2 N–H and O–H groups in total. The number of nitrogens with two attached hydrogens (primary N) is 1. The SMILES string of the molecule is Nc1cc(F)c(Br)cc1Oc1ccc(Cl)cc1Cl. The number of halogens is 4. The number of benzene rings is 2. The summed E-state index contributed by atoms with van der Waals surface area (Å²) in [5.74, 6) is 0.251. The highest BCUT2D eigenvalue weighted by molar-refractivity contribution is 9.10. The highest BCUT2D eigenvalue weighted by Crippen LogP contribution is 2.36. The zero-order chi connectivity index (χ0) is 13.3. The molecule has 0 radical (unpaired) electrons. The fraction of sp³-hybridized carbons (Fsp3) is 0. The summed E-state index contributed by atoms with van der Waals surface area (Å²) in [7, 11) is 0. The molecule has 18 heavy (non-hydrogen) atoms. The average Bonchev–Trinajstić information content (AvgIpc) is 2.29. The highest BCUT2D eigenvalue weighted by Gasteiger charge is 2.10. The summed E-state index contributed by atoms with van der Waals surface area (Å²) in [5, 5.41) is 0.850. The first kappa shape index (κ1) is 13.5. The molecule has 94 valence electrons. The van der Waals surface area contributed by atoms with Crippen molar-refractivity contribution in [3.8, 4) is 11.5 Å². The van der Waals surface area contributed by atoms with E-state index in [4.69, 9.17) is 33.7 Å². The first-order chi connectivity index (χ1) is 8.47. The Balaban J connectivity index is 2.37. The number of anilines is 1. The van der Waals surface area contributed by atoms with E-state index in [2.05, 4.69) is 15.9 Å². The van der Waals surface area contributed by atoms with Crippen molar-refractivity contribution >= 4 is 44.8 Å². The van der Waals surface area contributed by atoms with Crippen LogP contribution in [0, 0.1) is 5.82 Å². The van der Waals surface area contributed by atoms with Gasteiger partial charge in [0.05, 0.1) is 15.2 Å². The van der Waals surface area contributed by atoms with E-state index in [0.717, 1.165) is 0 Å². The van der Waals surface area contributed by atoms with Gasteiger partial charge in [0.1, 0.15) is 11.6 Å². The molecule has 0 aliphatic rings. The van der Waals surface area contributed by atoms with Crippen LogP contribution in [0.25, 0.3) is 0 Å². The molecule has 0 aromatic heterocycles. The Morgan fingerprint density at radius 2 is 1.83 bits per heavy atom. The van der Waals surface area contributed by atoms with Crippen LogP contribution in [-0.4, -0.2) is 0 Å². The zero-order valence-electron chi connectivity index (χ0n) is 8.88. The Morgan fingerprint density at radius 3 is 2.50 bits per heavy atom. The van der Waals surface area contributed by atoms with Crippen LogP contribution in [0.4, 0.5) is 10.1 Å². The van der Waals surface area contributed by atoms with E-state index in [-0.39, 0.29) is 10.2 Å². The van der Waals surface area contributed by atoms with Crippen LogP contribution in [0.15, 0.2) is 34.8 Å². The Bertz CT molecular complexity index is 607. The predicted octanol–water partition coefficient (Wildman–Crippen LogP) is 5.27. The van der Waals surface area contributed by atoms with E-state index in [1.54, 1.807) is 18.2 Å². The maximum atomic E-state index is 13.2. The van der Waals surface area contributed by atoms with Gasteiger partial charge in [-0.15, -0.1) is 0 Å². The fourth-order valence-corrected chi connectivity index (χ4v) is 2.08. The Morgan fingerprint density at radius 1 is 1.11 bits per heavy atom. The van der Waals surface area contributed by atoms with Crippen LogP contribution in [0.3, 0.4) is 0 Å². The molecule has 2 aromatic carbocycles. The molecule has 0 saturated carbocycles. The Labute approximate surface area is 122 Å². The summed E-state index contributed by atoms with van der Waals surface area (Å²) in [6, 6.07) is 7.41. The van der Waals surface area contributed by atoms with Crippen LogP contribution in [-0.2, 0) is 0 Å². The molecule has 6 heteroatoms. The fourth-order valence-electron chi connectivity index (χ4n) is 1.31. The van der Waals surface area contributed by atoms with Crippen LogP contribution < -0.4 is 10.5 Å². The summed E-state index contributed by atoms with van der Waals surface area (Å²) < 4.78 is 19.0. The van der Waals surface area contributed by atoms with Gasteiger partial charge in [0.25, 0.3) is 0 Å². The van der Waals surface area contributed by atoms with Crippen molar-refractivity contribution < 1.29 is 9.13 Å². The normalized spacial score (nSPS) is 10.4. The van der Waals surface area contributed by atoms with E-state index >= 15 is 0 Å². The van der Waals surface area contributed by atoms with Gasteiger partial charge in [-0.25, -0.2) is 4.39 Å². The Hall–Kier alpha value is -0.970. The molecule has 0 atom stereocenters. The smallest absolute Gasteiger partial charge is 0.151 e. The van der Waals surface area contributed by atoms with Crippen molar-refractivity contribution in [2.24, 2.45) is 0 Å². The molecule has 2 rings (SSSR count). The van der Waals surface area contributed by atoms with E-state index in [9.17, 15) is 4.39 Å². The lowest BCUT2D eigenvalue weighted by Gasteiger charge is -2.10. The topological polar surface area (TPSA) is 35.2 Å². The molecular weight excluding hydrogens is 344 g/mol. The lowest BCUT2D eigenvalue weighted by molar-refractivity contribution is 0.482. The van der Waals surface area contributed by atoms with Gasteiger partial charge in [-0.1, -0.05) is 23.2 Å². The quantitative estimate of drug-likeness (QED) is 0.749. The van der Waals surface area contributed by atoms with Gasteiger partial charge in [-0.05, 0) is 34.1 Å². The standard InChI is InChI=1S/C12H7BrCl2FNO/c13-7-4-12(10(17)5-9(7)16)18-11-2-1-6(14)3-8(11)15/h1-5H,17H2. The van der Waals surface area contributed by atoms with E-state index < -0.39 is 5.82 Å². The minimum absolute atomic E-state index is 0.182. The highest BCUT2D eigenvalue weighted by atomic mass is 79.9. The van der Waals surface area contributed by atoms with Crippen LogP contribution >= 0.6 is 39.1 Å². The molecule has 0 bridgehead atoms. The van der Waals surface area contributed by atoms with E-state index in [1.807, 2.05) is 0 Å². The Kier molecular flexibility index (Phi) is 4.00. The number of ether oxygens (including phenoxy) is 1. The maximum Gasteiger partial charge on any atom is 0.151 e. The molecule has 0 unspecified atom stereocenters. The second kappa shape index (κ2) is 5.34. The lowest BCUT2D eigenvalue weighted by atomic mass is 10.3. The van der Waals surface area contributed by atoms with E-state index in [0.29, 0.717) is 21.5 Å². The van der Waals surface area contributed by atoms with Crippen LogP contribution in [0.1, 0.15) is 0 Å². The lowest BCUT2D eigenvalue weighted by Crippen LogP contribution is -1.94. The summed E-state index contributed by atoms with van der Waals surface area (Å²) in [6.07, 6.45) is 0. The van der Waals surface area contributed by atoms with Crippen LogP contribution in [0.5, 0.6) is 11.5 Å². The molecule has 0 heterocycles. The van der Waals surface area contributed by atoms with E-state index in [1.165, 1.54) is 12.1 Å². The molecule has 0 aliphatic heterocycles. The minimum atomic E-state index is -0.456. The van der Waals surface area contributed by atoms with Gasteiger partial charge in [-0.2, -0.15) is 0 Å². The summed E-state index contributed by atoms with van der Waals surface area (Å²) in [4.78, 5) is 0. The van der Waals surface area contributed by atoms with Crippen molar-refractivity contribution in [3.63, 3.8) is 0 Å². The zero-order valence-corrected chi connectivity index (χ0v) is 12.0. The van der Waals surface area contributed by atoms with Gasteiger partial charge < -0.3 is 10.5 Å². The van der Waals surface area contributed by atoms with Crippen molar-refractivity contribution in [1.29, 1.82) is 0 Å². The van der Waals surface area contributed by atoms with Crippen molar-refractivity contribution in [3.05, 3.63) is 50.7 Å². The molecular formula is C12H7BrCl2FNO. The number of hydrogen-bond acceptors (Lipinski definition) is 2. The van der Waals surface area contributed by atoms with Crippen molar-refractivity contribution in [1.82, 2.24) is 0 Å². The summed E-state index contributed by atoms with van der Waals surface area (Å²) in [5.41, 5.74) is 5.85. The molecule has 0 spiro atoms. The second-order valence-electron chi connectivity index (χ2n) is 3.48. The second-order valence-corrected chi connectivity index (χ2v) is 5.18. The minimum Gasteiger partial charge on any atom is -0.454 e. The third-order valence-corrected chi connectivity index (χ3v) is 3.30.